The molecule has 0 heterocycles. The molecule has 106 valence electrons. The van der Waals surface area contributed by atoms with Gasteiger partial charge in [-0.1, -0.05) is 0 Å². The summed E-state index contributed by atoms with van der Waals surface area (Å²) >= 11 is 1.81. The van der Waals surface area contributed by atoms with E-state index in [-0.39, 0.29) is 5.91 Å². The van der Waals surface area contributed by atoms with Gasteiger partial charge in [0.2, 0.25) is 5.91 Å². The first-order valence-electron chi connectivity index (χ1n) is 6.48. The number of anilines is 1. The van der Waals surface area contributed by atoms with E-state index in [1.165, 1.54) is 0 Å². The van der Waals surface area contributed by atoms with Gasteiger partial charge in [-0.15, -0.1) is 0 Å². The molecule has 0 unspecified atom stereocenters. The second kappa shape index (κ2) is 9.69. The second-order valence-corrected chi connectivity index (χ2v) is 5.15. The Labute approximate surface area is 119 Å². The number of carbonyl (C=O) groups is 1. The molecule has 0 fully saturated rings. The summed E-state index contributed by atoms with van der Waals surface area (Å²) in [5.74, 6) is 1.95. The predicted molar refractivity (Wildman–Crippen MR) is 81.9 cm³/mol. The largest absolute Gasteiger partial charge is 0.492 e. The molecule has 0 aliphatic rings. The fourth-order valence-corrected chi connectivity index (χ4v) is 2.06. The number of ether oxygens (including phenoxy) is 1. The number of thioether (sulfide) groups is 1. The van der Waals surface area contributed by atoms with Gasteiger partial charge in [-0.3, -0.25) is 4.79 Å². The molecule has 0 radical (unpaired) electrons. The van der Waals surface area contributed by atoms with Gasteiger partial charge >= 0.3 is 0 Å². The van der Waals surface area contributed by atoms with Crippen LogP contribution >= 0.6 is 11.8 Å². The highest BCUT2D eigenvalue weighted by atomic mass is 32.2. The van der Waals surface area contributed by atoms with Crippen molar-refractivity contribution in [3.8, 4) is 5.75 Å². The van der Waals surface area contributed by atoms with E-state index in [1.807, 2.05) is 36.0 Å². The van der Waals surface area contributed by atoms with Gasteiger partial charge in [0.25, 0.3) is 0 Å². The molecule has 19 heavy (non-hydrogen) atoms. The highest BCUT2D eigenvalue weighted by Gasteiger charge is 2.02. The summed E-state index contributed by atoms with van der Waals surface area (Å²) in [6.07, 6.45) is 4.67. The Balaban J connectivity index is 2.29. The third-order valence-corrected chi connectivity index (χ3v) is 3.22. The number of carbonyl (C=O) groups excluding carboxylic acids is 1. The molecule has 0 aliphatic carbocycles. The van der Waals surface area contributed by atoms with Crippen molar-refractivity contribution >= 4 is 23.4 Å². The summed E-state index contributed by atoms with van der Waals surface area (Å²) in [6, 6.07) is 7.34. The van der Waals surface area contributed by atoms with Gasteiger partial charge in [-0.25, -0.2) is 0 Å². The Morgan fingerprint density at radius 1 is 1.32 bits per heavy atom. The van der Waals surface area contributed by atoms with E-state index in [4.69, 9.17) is 10.5 Å². The molecule has 0 spiro atoms. The molecule has 1 amide bonds. The minimum atomic E-state index is 0.0664. The molecule has 0 atom stereocenters. The molecule has 0 aromatic heterocycles. The fraction of sp³-hybridized carbons (Fsp3) is 0.500. The number of benzene rings is 1. The van der Waals surface area contributed by atoms with Gasteiger partial charge in [0, 0.05) is 18.7 Å². The molecular formula is C14H22N2O2S. The maximum absolute atomic E-state index is 11.7. The molecule has 0 saturated carbocycles. The molecule has 4 nitrogen and oxygen atoms in total. The molecule has 1 rings (SSSR count). The third-order valence-electron chi connectivity index (χ3n) is 2.53. The summed E-state index contributed by atoms with van der Waals surface area (Å²) in [7, 11) is 0. The Hall–Kier alpha value is -1.20. The molecular weight excluding hydrogens is 260 g/mol. The first-order chi connectivity index (χ1) is 9.26. The van der Waals surface area contributed by atoms with Crippen LogP contribution in [0.5, 0.6) is 5.75 Å². The summed E-state index contributed by atoms with van der Waals surface area (Å²) in [4.78, 5) is 11.7. The SMILES string of the molecule is CSCCCCC(=O)Nc1ccc(OCCN)cc1. The molecule has 5 heteroatoms. The lowest BCUT2D eigenvalue weighted by atomic mass is 10.2. The molecule has 3 N–H and O–H groups in total. The number of amides is 1. The third kappa shape index (κ3) is 7.08. The van der Waals surface area contributed by atoms with E-state index >= 15 is 0 Å². The van der Waals surface area contributed by atoms with Crippen LogP contribution in [0.25, 0.3) is 0 Å². The van der Waals surface area contributed by atoms with Crippen LogP contribution in [0.2, 0.25) is 0 Å². The van der Waals surface area contributed by atoms with Crippen LogP contribution in [0.3, 0.4) is 0 Å². The van der Waals surface area contributed by atoms with Crippen molar-refractivity contribution < 1.29 is 9.53 Å². The summed E-state index contributed by atoms with van der Waals surface area (Å²) in [5.41, 5.74) is 6.16. The molecule has 1 aromatic carbocycles. The lowest BCUT2D eigenvalue weighted by Gasteiger charge is -2.07. The molecule has 1 aromatic rings. The quantitative estimate of drug-likeness (QED) is 0.683. The van der Waals surface area contributed by atoms with E-state index < -0.39 is 0 Å². The minimum Gasteiger partial charge on any atom is -0.492 e. The highest BCUT2D eigenvalue weighted by Crippen LogP contribution is 2.16. The van der Waals surface area contributed by atoms with E-state index in [0.717, 1.165) is 30.0 Å². The Morgan fingerprint density at radius 3 is 2.68 bits per heavy atom. The van der Waals surface area contributed by atoms with E-state index in [2.05, 4.69) is 11.6 Å². The zero-order valence-electron chi connectivity index (χ0n) is 11.4. The van der Waals surface area contributed by atoms with Crippen molar-refractivity contribution in [1.29, 1.82) is 0 Å². The van der Waals surface area contributed by atoms with Crippen LogP contribution in [-0.4, -0.2) is 31.1 Å². The van der Waals surface area contributed by atoms with Gasteiger partial charge in [-0.05, 0) is 49.1 Å². The van der Waals surface area contributed by atoms with Gasteiger partial charge in [0.05, 0.1) is 0 Å². The number of unbranched alkanes of at least 4 members (excludes halogenated alkanes) is 1. The second-order valence-electron chi connectivity index (χ2n) is 4.16. The van der Waals surface area contributed by atoms with Crippen LogP contribution in [0.15, 0.2) is 24.3 Å². The molecule has 0 saturated heterocycles. The van der Waals surface area contributed by atoms with Crippen LogP contribution in [0, 0.1) is 0 Å². The van der Waals surface area contributed by atoms with Gasteiger partial charge in [0.1, 0.15) is 12.4 Å². The van der Waals surface area contributed by atoms with E-state index in [9.17, 15) is 4.79 Å². The van der Waals surface area contributed by atoms with Crippen LogP contribution in [-0.2, 0) is 4.79 Å². The highest BCUT2D eigenvalue weighted by molar-refractivity contribution is 7.98. The first-order valence-corrected chi connectivity index (χ1v) is 7.87. The van der Waals surface area contributed by atoms with Crippen molar-refractivity contribution in [2.75, 3.05) is 30.5 Å². The lowest BCUT2D eigenvalue weighted by Crippen LogP contribution is -2.12. The molecule has 0 bridgehead atoms. The lowest BCUT2D eigenvalue weighted by molar-refractivity contribution is -0.116. The van der Waals surface area contributed by atoms with Crippen molar-refractivity contribution in [2.45, 2.75) is 19.3 Å². The number of hydrogen-bond donors (Lipinski definition) is 2. The maximum Gasteiger partial charge on any atom is 0.224 e. The zero-order valence-corrected chi connectivity index (χ0v) is 12.2. The number of nitrogens with one attached hydrogen (secondary N) is 1. The Kier molecular flexibility index (Phi) is 8.09. The fourth-order valence-electron chi connectivity index (χ4n) is 1.57. The Bertz CT molecular complexity index is 368. The monoisotopic (exact) mass is 282 g/mol. The normalized spacial score (nSPS) is 10.2. The zero-order chi connectivity index (χ0) is 13.9. The molecule has 0 aliphatic heterocycles. The number of hydrogen-bond acceptors (Lipinski definition) is 4. The smallest absolute Gasteiger partial charge is 0.224 e. The summed E-state index contributed by atoms with van der Waals surface area (Å²) < 4.78 is 5.37. The topological polar surface area (TPSA) is 64.3 Å². The van der Waals surface area contributed by atoms with Crippen LogP contribution in [0.1, 0.15) is 19.3 Å². The van der Waals surface area contributed by atoms with Crippen LogP contribution < -0.4 is 15.8 Å². The van der Waals surface area contributed by atoms with Gasteiger partial charge in [0.15, 0.2) is 0 Å². The van der Waals surface area contributed by atoms with Gasteiger partial charge < -0.3 is 15.8 Å². The number of nitrogens with two attached hydrogens (primary N) is 1. The standard InChI is InChI=1S/C14H22N2O2S/c1-19-11-3-2-4-14(17)16-12-5-7-13(8-6-12)18-10-9-15/h5-8H,2-4,9-11,15H2,1H3,(H,16,17). The number of rotatable bonds is 9. The minimum absolute atomic E-state index is 0.0664. The van der Waals surface area contributed by atoms with Crippen LogP contribution in [0.4, 0.5) is 5.69 Å². The van der Waals surface area contributed by atoms with Crippen molar-refractivity contribution in [2.24, 2.45) is 5.73 Å². The van der Waals surface area contributed by atoms with E-state index in [0.29, 0.717) is 19.6 Å². The van der Waals surface area contributed by atoms with Crippen molar-refractivity contribution in [3.05, 3.63) is 24.3 Å². The van der Waals surface area contributed by atoms with Gasteiger partial charge in [-0.2, -0.15) is 11.8 Å². The van der Waals surface area contributed by atoms with Crippen molar-refractivity contribution in [3.63, 3.8) is 0 Å². The first kappa shape index (κ1) is 15.9. The predicted octanol–water partition coefficient (Wildman–Crippen LogP) is 2.50. The Morgan fingerprint density at radius 2 is 2.05 bits per heavy atom. The van der Waals surface area contributed by atoms with Crippen molar-refractivity contribution in [1.82, 2.24) is 0 Å². The average Bonchev–Trinajstić information content (AvgIpc) is 2.43. The maximum atomic E-state index is 11.7. The summed E-state index contributed by atoms with van der Waals surface area (Å²) in [6.45, 7) is 0.996. The average molecular weight is 282 g/mol. The van der Waals surface area contributed by atoms with E-state index in [1.54, 1.807) is 0 Å². The summed E-state index contributed by atoms with van der Waals surface area (Å²) in [5, 5.41) is 2.88.